The minimum atomic E-state index is 0.0828. The van der Waals surface area contributed by atoms with Crippen molar-refractivity contribution in [2.24, 2.45) is 0 Å². The second-order valence-electron chi connectivity index (χ2n) is 8.22. The lowest BCUT2D eigenvalue weighted by Gasteiger charge is -2.33. The molecule has 144 valence electrons. The lowest BCUT2D eigenvalue weighted by atomic mass is 9.89. The normalized spacial score (nSPS) is 23.3. The molecule has 2 saturated heterocycles. The van der Waals surface area contributed by atoms with Crippen LogP contribution < -0.4 is 0 Å². The maximum atomic E-state index is 12.9. The molecular formula is C24H26N2OS. The Labute approximate surface area is 170 Å². The molecule has 2 unspecified atom stereocenters. The van der Waals surface area contributed by atoms with Crippen LogP contribution in [0.4, 0.5) is 0 Å². The maximum Gasteiger partial charge on any atom is 0.193 e. The number of thiophene rings is 1. The van der Waals surface area contributed by atoms with Crippen LogP contribution in [-0.4, -0.2) is 34.8 Å². The number of rotatable bonds is 3. The topological polar surface area (TPSA) is 33.2 Å². The monoisotopic (exact) mass is 390 g/mol. The fourth-order valence-electron chi connectivity index (χ4n) is 5.03. The summed E-state index contributed by atoms with van der Waals surface area (Å²) in [4.78, 5) is 19.7. The van der Waals surface area contributed by atoms with Crippen LogP contribution in [0.15, 0.2) is 48.1 Å². The van der Waals surface area contributed by atoms with Crippen LogP contribution in [0, 0.1) is 0 Å². The average molecular weight is 391 g/mol. The van der Waals surface area contributed by atoms with E-state index in [-0.39, 0.29) is 5.78 Å². The lowest BCUT2D eigenvalue weighted by Crippen LogP contribution is -2.38. The SMILES string of the molecule is O=C(c1ccncc1)c1ccc2scc(C3CCC4CCCCN4CC3)c2c1. The number of fused-ring (bicyclic) bond motifs is 2. The Balaban J connectivity index is 1.44. The Kier molecular flexibility index (Phi) is 5.00. The van der Waals surface area contributed by atoms with Crippen molar-refractivity contribution in [3.63, 3.8) is 0 Å². The summed E-state index contributed by atoms with van der Waals surface area (Å²) in [5.74, 6) is 0.699. The van der Waals surface area contributed by atoms with E-state index in [1.165, 1.54) is 67.3 Å². The molecule has 4 heteroatoms. The summed E-state index contributed by atoms with van der Waals surface area (Å²) < 4.78 is 1.29. The van der Waals surface area contributed by atoms with E-state index in [1.807, 2.05) is 17.4 Å². The van der Waals surface area contributed by atoms with Crippen molar-refractivity contribution in [3.8, 4) is 0 Å². The first-order valence-corrected chi connectivity index (χ1v) is 11.4. The summed E-state index contributed by atoms with van der Waals surface area (Å²) in [5, 5.41) is 3.63. The van der Waals surface area contributed by atoms with Crippen LogP contribution in [-0.2, 0) is 0 Å². The summed E-state index contributed by atoms with van der Waals surface area (Å²) in [5.41, 5.74) is 2.95. The van der Waals surface area contributed by atoms with Gasteiger partial charge in [0.25, 0.3) is 0 Å². The fraction of sp³-hybridized carbons (Fsp3) is 0.417. The van der Waals surface area contributed by atoms with Crippen molar-refractivity contribution < 1.29 is 4.79 Å². The van der Waals surface area contributed by atoms with Gasteiger partial charge in [-0.2, -0.15) is 0 Å². The van der Waals surface area contributed by atoms with Gasteiger partial charge in [-0.1, -0.05) is 6.42 Å². The third-order valence-corrected chi connectivity index (χ3v) is 7.59. The quantitative estimate of drug-likeness (QED) is 0.542. The average Bonchev–Trinajstić information content (AvgIpc) is 3.06. The maximum absolute atomic E-state index is 12.9. The van der Waals surface area contributed by atoms with E-state index in [4.69, 9.17) is 0 Å². The fourth-order valence-corrected chi connectivity index (χ4v) is 6.05. The van der Waals surface area contributed by atoms with E-state index in [1.54, 1.807) is 24.5 Å². The molecule has 0 bridgehead atoms. The highest BCUT2D eigenvalue weighted by Crippen LogP contribution is 2.39. The van der Waals surface area contributed by atoms with E-state index in [9.17, 15) is 4.79 Å². The molecule has 1 aromatic carbocycles. The van der Waals surface area contributed by atoms with Gasteiger partial charge in [-0.15, -0.1) is 11.3 Å². The first kappa shape index (κ1) is 18.0. The number of ketones is 1. The van der Waals surface area contributed by atoms with E-state index in [2.05, 4.69) is 27.4 Å². The van der Waals surface area contributed by atoms with Crippen LogP contribution in [0.2, 0.25) is 0 Å². The molecule has 2 fully saturated rings. The molecule has 0 aliphatic carbocycles. The number of benzene rings is 1. The number of hydrogen-bond acceptors (Lipinski definition) is 4. The van der Waals surface area contributed by atoms with Gasteiger partial charge in [0, 0.05) is 34.3 Å². The first-order valence-electron chi connectivity index (χ1n) is 10.5. The highest BCUT2D eigenvalue weighted by Gasteiger charge is 2.28. The molecule has 4 heterocycles. The van der Waals surface area contributed by atoms with Gasteiger partial charge in [0.05, 0.1) is 0 Å². The number of pyridine rings is 1. The zero-order valence-corrected chi connectivity index (χ0v) is 17.0. The van der Waals surface area contributed by atoms with Crippen LogP contribution in [0.25, 0.3) is 10.1 Å². The number of aromatic nitrogens is 1. The Bertz CT molecular complexity index is 965. The van der Waals surface area contributed by atoms with Gasteiger partial charge in [0.2, 0.25) is 0 Å². The second kappa shape index (κ2) is 7.76. The predicted molar refractivity (Wildman–Crippen MR) is 115 cm³/mol. The van der Waals surface area contributed by atoms with Crippen molar-refractivity contribution >= 4 is 27.2 Å². The molecule has 3 aromatic rings. The molecule has 0 spiro atoms. The Morgan fingerprint density at radius 2 is 1.86 bits per heavy atom. The smallest absolute Gasteiger partial charge is 0.193 e. The molecule has 28 heavy (non-hydrogen) atoms. The van der Waals surface area contributed by atoms with Gasteiger partial charge in [-0.05, 0) is 97.8 Å². The Morgan fingerprint density at radius 1 is 0.964 bits per heavy atom. The highest BCUT2D eigenvalue weighted by atomic mass is 32.1. The van der Waals surface area contributed by atoms with Crippen molar-refractivity contribution in [1.29, 1.82) is 0 Å². The number of nitrogens with zero attached hydrogens (tertiary/aromatic N) is 2. The van der Waals surface area contributed by atoms with Crippen molar-refractivity contribution in [1.82, 2.24) is 9.88 Å². The minimum absolute atomic E-state index is 0.0828. The molecular weight excluding hydrogens is 364 g/mol. The molecule has 0 N–H and O–H groups in total. The second-order valence-corrected chi connectivity index (χ2v) is 9.13. The third-order valence-electron chi connectivity index (χ3n) is 6.61. The van der Waals surface area contributed by atoms with Crippen LogP contribution >= 0.6 is 11.3 Å². The van der Waals surface area contributed by atoms with Gasteiger partial charge >= 0.3 is 0 Å². The summed E-state index contributed by atoms with van der Waals surface area (Å²) in [7, 11) is 0. The molecule has 5 rings (SSSR count). The number of piperidine rings is 1. The number of carbonyl (C=O) groups is 1. The van der Waals surface area contributed by atoms with Crippen molar-refractivity contribution in [2.75, 3.05) is 13.1 Å². The van der Waals surface area contributed by atoms with E-state index < -0.39 is 0 Å². The van der Waals surface area contributed by atoms with Gasteiger partial charge in [-0.25, -0.2) is 0 Å². The minimum Gasteiger partial charge on any atom is -0.300 e. The van der Waals surface area contributed by atoms with E-state index >= 15 is 0 Å². The van der Waals surface area contributed by atoms with Crippen LogP contribution in [0.5, 0.6) is 0 Å². The van der Waals surface area contributed by atoms with Crippen molar-refractivity contribution in [3.05, 3.63) is 64.8 Å². The number of hydrogen-bond donors (Lipinski definition) is 0. The zero-order valence-electron chi connectivity index (χ0n) is 16.1. The predicted octanol–water partition coefficient (Wildman–Crippen LogP) is 5.65. The standard InChI is InChI=1S/C24H26N2OS/c27-24(18-8-11-25-12-9-18)19-5-7-23-21(15-19)22(16-28-23)17-4-6-20-3-1-2-13-26(20)14-10-17/h5,7-9,11-12,15-17,20H,1-4,6,10,13-14H2. The molecule has 2 aromatic heterocycles. The molecule has 2 aliphatic heterocycles. The molecule has 3 nitrogen and oxygen atoms in total. The van der Waals surface area contributed by atoms with E-state index in [0.717, 1.165) is 11.6 Å². The summed E-state index contributed by atoms with van der Waals surface area (Å²) >= 11 is 1.82. The number of carbonyl (C=O) groups excluding carboxylic acids is 1. The zero-order chi connectivity index (χ0) is 18.9. The molecule has 2 aliphatic rings. The molecule has 0 saturated carbocycles. The lowest BCUT2D eigenvalue weighted by molar-refractivity contribution is 0.103. The molecule has 2 atom stereocenters. The molecule has 0 amide bonds. The Hall–Kier alpha value is -2.04. The van der Waals surface area contributed by atoms with Gasteiger partial charge in [0.15, 0.2) is 5.78 Å². The van der Waals surface area contributed by atoms with Gasteiger partial charge < -0.3 is 4.90 Å². The summed E-state index contributed by atoms with van der Waals surface area (Å²) in [6.45, 7) is 2.51. The molecule has 0 radical (unpaired) electrons. The van der Waals surface area contributed by atoms with Crippen LogP contribution in [0.3, 0.4) is 0 Å². The summed E-state index contributed by atoms with van der Waals surface area (Å²) in [6.07, 6.45) is 11.3. The van der Waals surface area contributed by atoms with Gasteiger partial charge in [0.1, 0.15) is 0 Å². The Morgan fingerprint density at radius 3 is 2.75 bits per heavy atom. The van der Waals surface area contributed by atoms with Crippen LogP contribution in [0.1, 0.15) is 65.9 Å². The first-order chi connectivity index (χ1) is 13.8. The summed E-state index contributed by atoms with van der Waals surface area (Å²) in [6, 6.07) is 10.6. The van der Waals surface area contributed by atoms with Gasteiger partial charge in [-0.3, -0.25) is 9.78 Å². The largest absolute Gasteiger partial charge is 0.300 e. The van der Waals surface area contributed by atoms with Crippen molar-refractivity contribution in [2.45, 2.75) is 50.5 Å². The van der Waals surface area contributed by atoms with E-state index in [0.29, 0.717) is 11.5 Å². The third kappa shape index (κ3) is 3.40. The highest BCUT2D eigenvalue weighted by molar-refractivity contribution is 7.17.